The molecule has 0 aliphatic rings. The first-order chi connectivity index (χ1) is 11.3. The monoisotopic (exact) mass is 369 g/mol. The summed E-state index contributed by atoms with van der Waals surface area (Å²) in [4.78, 5) is 8.67. The molecule has 116 valence electrons. The van der Waals surface area contributed by atoms with Crippen molar-refractivity contribution in [3.8, 4) is 5.88 Å². The molecule has 4 nitrogen and oxygen atoms in total. The van der Waals surface area contributed by atoms with E-state index >= 15 is 0 Å². The van der Waals surface area contributed by atoms with Gasteiger partial charge in [-0.3, -0.25) is 0 Å². The lowest BCUT2D eigenvalue weighted by Gasteiger charge is -2.10. The Labute approximate surface area is 143 Å². The zero-order valence-electron chi connectivity index (χ0n) is 12.4. The average molecular weight is 370 g/mol. The number of halogens is 1. The van der Waals surface area contributed by atoms with Crippen molar-refractivity contribution in [2.75, 3.05) is 5.32 Å². The minimum Gasteiger partial charge on any atom is -0.472 e. The number of hydrogen-bond acceptors (Lipinski definition) is 4. The van der Waals surface area contributed by atoms with E-state index in [1.807, 2.05) is 48.5 Å². The fourth-order valence-electron chi connectivity index (χ4n) is 2.04. The second-order valence-electron chi connectivity index (χ2n) is 4.96. The van der Waals surface area contributed by atoms with Gasteiger partial charge in [0.2, 0.25) is 11.8 Å². The predicted octanol–water partition coefficient (Wildman–Crippen LogP) is 4.43. The van der Waals surface area contributed by atoms with Gasteiger partial charge in [-0.15, -0.1) is 0 Å². The molecule has 2 aromatic carbocycles. The lowest BCUT2D eigenvalue weighted by molar-refractivity contribution is 0.291. The van der Waals surface area contributed by atoms with Gasteiger partial charge in [-0.05, 0) is 27.1 Å². The Hall–Kier alpha value is -2.40. The molecule has 3 rings (SSSR count). The molecule has 23 heavy (non-hydrogen) atoms. The Morgan fingerprint density at radius 3 is 2.26 bits per heavy atom. The Kier molecular flexibility index (Phi) is 5.21. The molecule has 0 spiro atoms. The topological polar surface area (TPSA) is 47.0 Å². The van der Waals surface area contributed by atoms with Crippen molar-refractivity contribution < 1.29 is 4.74 Å². The van der Waals surface area contributed by atoms with Crippen LogP contribution in [0.25, 0.3) is 0 Å². The summed E-state index contributed by atoms with van der Waals surface area (Å²) in [5, 5.41) is 3.20. The van der Waals surface area contributed by atoms with E-state index in [0.717, 1.165) is 10.0 Å². The van der Waals surface area contributed by atoms with Gasteiger partial charge in [-0.25, -0.2) is 4.98 Å². The summed E-state index contributed by atoms with van der Waals surface area (Å²) < 4.78 is 6.51. The van der Waals surface area contributed by atoms with Crippen LogP contribution in [0.3, 0.4) is 0 Å². The molecule has 0 unspecified atom stereocenters. The minimum absolute atomic E-state index is 0.467. The highest BCUT2D eigenvalue weighted by Crippen LogP contribution is 2.23. The molecule has 0 atom stereocenters. The Balaban J connectivity index is 1.64. The Morgan fingerprint density at radius 2 is 1.57 bits per heavy atom. The third-order valence-corrected chi connectivity index (χ3v) is 3.77. The molecular weight excluding hydrogens is 354 g/mol. The van der Waals surface area contributed by atoms with Crippen LogP contribution >= 0.6 is 15.9 Å². The number of nitrogens with one attached hydrogen (secondary N) is 1. The van der Waals surface area contributed by atoms with Crippen LogP contribution < -0.4 is 10.1 Å². The predicted molar refractivity (Wildman–Crippen MR) is 94.3 cm³/mol. The van der Waals surface area contributed by atoms with Crippen LogP contribution in [0.2, 0.25) is 0 Å². The van der Waals surface area contributed by atoms with E-state index in [4.69, 9.17) is 4.74 Å². The number of hydrogen-bond donors (Lipinski definition) is 1. The third kappa shape index (κ3) is 4.53. The van der Waals surface area contributed by atoms with Crippen molar-refractivity contribution in [2.24, 2.45) is 0 Å². The largest absolute Gasteiger partial charge is 0.472 e. The van der Waals surface area contributed by atoms with E-state index < -0.39 is 0 Å². The normalized spacial score (nSPS) is 10.3. The smallest absolute Gasteiger partial charge is 0.233 e. The number of anilines is 1. The summed E-state index contributed by atoms with van der Waals surface area (Å²) in [6, 6.07) is 20.1. The van der Waals surface area contributed by atoms with Gasteiger partial charge in [0.05, 0.1) is 10.7 Å². The van der Waals surface area contributed by atoms with Gasteiger partial charge >= 0.3 is 0 Å². The summed E-state index contributed by atoms with van der Waals surface area (Å²) >= 11 is 3.42. The number of ether oxygens (including phenoxy) is 1. The van der Waals surface area contributed by atoms with Gasteiger partial charge in [0, 0.05) is 6.54 Å². The van der Waals surface area contributed by atoms with Gasteiger partial charge in [0.15, 0.2) is 0 Å². The maximum Gasteiger partial charge on any atom is 0.233 e. The molecule has 0 amide bonds. The molecule has 0 aliphatic heterocycles. The van der Waals surface area contributed by atoms with Gasteiger partial charge in [-0.1, -0.05) is 60.7 Å². The highest BCUT2D eigenvalue weighted by atomic mass is 79.9. The van der Waals surface area contributed by atoms with E-state index in [0.29, 0.717) is 25.0 Å². The molecule has 3 aromatic rings. The van der Waals surface area contributed by atoms with Crippen LogP contribution in [0, 0.1) is 0 Å². The second kappa shape index (κ2) is 7.74. The van der Waals surface area contributed by atoms with E-state index in [1.165, 1.54) is 5.56 Å². The molecule has 1 N–H and O–H groups in total. The Morgan fingerprint density at radius 1 is 0.913 bits per heavy atom. The van der Waals surface area contributed by atoms with Crippen LogP contribution in [-0.4, -0.2) is 9.97 Å². The van der Waals surface area contributed by atoms with Crippen LogP contribution in [0.4, 0.5) is 5.95 Å². The fraction of sp³-hybridized carbons (Fsp3) is 0.111. The van der Waals surface area contributed by atoms with Gasteiger partial charge in [0.25, 0.3) is 0 Å². The molecule has 0 aliphatic carbocycles. The SMILES string of the molecule is Brc1cnc(NCc2ccccc2)nc1OCc1ccccc1. The molecule has 0 radical (unpaired) electrons. The standard InChI is InChI=1S/C18H16BrN3O/c19-16-12-21-18(20-11-14-7-3-1-4-8-14)22-17(16)23-13-15-9-5-2-6-10-15/h1-10,12H,11,13H2,(H,20,21,22). The molecule has 0 saturated carbocycles. The number of rotatable bonds is 6. The number of benzene rings is 2. The highest BCUT2D eigenvalue weighted by Gasteiger charge is 2.07. The number of aromatic nitrogens is 2. The summed E-state index contributed by atoms with van der Waals surface area (Å²) in [6.07, 6.45) is 1.70. The summed E-state index contributed by atoms with van der Waals surface area (Å²) in [5.74, 6) is 1.07. The van der Waals surface area contributed by atoms with Crippen molar-refractivity contribution in [3.63, 3.8) is 0 Å². The van der Waals surface area contributed by atoms with E-state index in [9.17, 15) is 0 Å². The molecule has 0 bridgehead atoms. The first-order valence-electron chi connectivity index (χ1n) is 7.28. The van der Waals surface area contributed by atoms with Gasteiger partial charge in [0.1, 0.15) is 6.61 Å². The average Bonchev–Trinajstić information content (AvgIpc) is 2.62. The fourth-order valence-corrected chi connectivity index (χ4v) is 2.35. The van der Waals surface area contributed by atoms with Crippen LogP contribution in [0.15, 0.2) is 71.3 Å². The van der Waals surface area contributed by atoms with E-state index in [-0.39, 0.29) is 0 Å². The third-order valence-electron chi connectivity index (χ3n) is 3.22. The van der Waals surface area contributed by atoms with Crippen molar-refractivity contribution in [1.29, 1.82) is 0 Å². The zero-order valence-corrected chi connectivity index (χ0v) is 14.0. The van der Waals surface area contributed by atoms with E-state index in [2.05, 4.69) is 43.3 Å². The maximum atomic E-state index is 5.78. The maximum absolute atomic E-state index is 5.78. The van der Waals surface area contributed by atoms with Crippen molar-refractivity contribution in [3.05, 3.63) is 82.5 Å². The van der Waals surface area contributed by atoms with Crippen molar-refractivity contribution in [2.45, 2.75) is 13.2 Å². The molecule has 5 heteroatoms. The van der Waals surface area contributed by atoms with Gasteiger partial charge < -0.3 is 10.1 Å². The molecule has 0 saturated heterocycles. The molecule has 1 aromatic heterocycles. The zero-order chi connectivity index (χ0) is 15.9. The van der Waals surface area contributed by atoms with Crippen LogP contribution in [0.1, 0.15) is 11.1 Å². The lowest BCUT2D eigenvalue weighted by Crippen LogP contribution is -2.05. The Bertz CT molecular complexity index is 751. The highest BCUT2D eigenvalue weighted by molar-refractivity contribution is 9.10. The summed E-state index contributed by atoms with van der Waals surface area (Å²) in [7, 11) is 0. The second-order valence-corrected chi connectivity index (χ2v) is 5.81. The van der Waals surface area contributed by atoms with Crippen LogP contribution in [0.5, 0.6) is 5.88 Å². The first-order valence-corrected chi connectivity index (χ1v) is 8.07. The van der Waals surface area contributed by atoms with Crippen molar-refractivity contribution >= 4 is 21.9 Å². The number of nitrogens with zero attached hydrogens (tertiary/aromatic N) is 2. The van der Waals surface area contributed by atoms with Crippen molar-refractivity contribution in [1.82, 2.24) is 9.97 Å². The lowest BCUT2D eigenvalue weighted by atomic mass is 10.2. The quantitative estimate of drug-likeness (QED) is 0.697. The summed E-state index contributed by atoms with van der Waals surface area (Å²) in [5.41, 5.74) is 2.27. The summed E-state index contributed by atoms with van der Waals surface area (Å²) in [6.45, 7) is 1.13. The molecule has 0 fully saturated rings. The molecule has 1 heterocycles. The van der Waals surface area contributed by atoms with Crippen LogP contribution in [-0.2, 0) is 13.2 Å². The first kappa shape index (κ1) is 15.5. The molecular formula is C18H16BrN3O. The minimum atomic E-state index is 0.467. The van der Waals surface area contributed by atoms with E-state index in [1.54, 1.807) is 6.20 Å². The van der Waals surface area contributed by atoms with Gasteiger partial charge in [-0.2, -0.15) is 4.98 Å².